The van der Waals surface area contributed by atoms with E-state index in [9.17, 15) is 33.7 Å². The van der Waals surface area contributed by atoms with Crippen molar-refractivity contribution < 1.29 is 43.2 Å². The molecule has 3 aliphatic rings. The van der Waals surface area contributed by atoms with Crippen LogP contribution in [0.2, 0.25) is 5.02 Å². The number of carbonyl (C=O) groups is 2. The Morgan fingerprint density at radius 3 is 2.60 bits per heavy atom. The van der Waals surface area contributed by atoms with Gasteiger partial charge in [-0.25, -0.2) is 8.78 Å². The Balaban J connectivity index is 1.32. The van der Waals surface area contributed by atoms with E-state index in [1.165, 1.54) is 13.2 Å². The number of aliphatic hydroxyl groups is 3. The van der Waals surface area contributed by atoms with Gasteiger partial charge in [-0.1, -0.05) is 37.1 Å². The van der Waals surface area contributed by atoms with Gasteiger partial charge in [0, 0.05) is 49.5 Å². The van der Waals surface area contributed by atoms with Gasteiger partial charge in [-0.3, -0.25) is 14.6 Å². The van der Waals surface area contributed by atoms with Gasteiger partial charge >= 0.3 is 0 Å². The minimum atomic E-state index is -1.20. The smallest absolute Gasteiger partial charge is 0.247 e. The second kappa shape index (κ2) is 15.2. The molecule has 1 unspecified atom stereocenters. The van der Waals surface area contributed by atoms with Crippen molar-refractivity contribution in [2.45, 2.75) is 75.6 Å². The first-order chi connectivity index (χ1) is 24.0. The maximum atomic E-state index is 14.8. The van der Waals surface area contributed by atoms with Gasteiger partial charge < -0.3 is 35.0 Å². The molecule has 1 fully saturated rings. The van der Waals surface area contributed by atoms with Crippen molar-refractivity contribution in [1.29, 1.82) is 0 Å². The highest BCUT2D eigenvalue weighted by molar-refractivity contribution is 6.31. The lowest BCUT2D eigenvalue weighted by Gasteiger charge is -2.41. The summed E-state index contributed by atoms with van der Waals surface area (Å²) in [4.78, 5) is 33.4. The summed E-state index contributed by atoms with van der Waals surface area (Å²) in [7, 11) is 1.37. The standard InChI is InChI=1S/C37H40ClF2N3O7/c1-19-4-3-5-28(43-13-11-22(17-31(43)45)32-25(39)9-8-24(38)33(32)40)27-16-21(10-12-41-27)23-7-6-20(14-26(23)42-37(19)48)15-29-34(46)36(49-2)35(47)30(18-44)50-29/h6-10,12,14,16-17,19,28-30,34-36,44,46-47H,3-5,11,13,15,18H2,1-2H3,(H,42,48)/t19-,28+,29?,30-,34+,35-,36-/m1/s1. The molecule has 4 heterocycles. The number of fused-ring (bicyclic) bond motifs is 4. The average Bonchev–Trinajstić information content (AvgIpc) is 3.10. The fraction of sp³-hybridized carbons (Fsp3) is 0.432. The van der Waals surface area contributed by atoms with Gasteiger partial charge in [0.1, 0.15) is 30.2 Å². The maximum absolute atomic E-state index is 14.8. The SMILES string of the molecule is CO[C@H]1[C@H](O)[C@@H](CO)OC(Cc2ccc3c(c2)NC(=O)[C@H](C)CCC[C@H](N2CCC(c4c(F)ccc(Cl)c4F)=CC2=O)c2cc-3ccn2)[C@@H]1O. The number of ether oxygens (including phenoxy) is 2. The Bertz CT molecular complexity index is 1790. The lowest BCUT2D eigenvalue weighted by atomic mass is 9.90. The number of nitrogens with one attached hydrogen (secondary N) is 1. The fourth-order valence-corrected chi connectivity index (χ4v) is 7.32. The number of hydrogen-bond acceptors (Lipinski definition) is 8. The quantitative estimate of drug-likeness (QED) is 0.267. The zero-order valence-corrected chi connectivity index (χ0v) is 28.4. The van der Waals surface area contributed by atoms with E-state index in [0.29, 0.717) is 36.2 Å². The van der Waals surface area contributed by atoms with Crippen LogP contribution in [0.4, 0.5) is 14.5 Å². The van der Waals surface area contributed by atoms with Crippen LogP contribution in [0.15, 0.2) is 54.7 Å². The highest BCUT2D eigenvalue weighted by Crippen LogP contribution is 2.38. The first kappa shape index (κ1) is 36.0. The van der Waals surface area contributed by atoms with Gasteiger partial charge in [0.15, 0.2) is 5.82 Å². The predicted molar refractivity (Wildman–Crippen MR) is 182 cm³/mol. The average molecular weight is 712 g/mol. The Morgan fingerprint density at radius 2 is 1.86 bits per heavy atom. The van der Waals surface area contributed by atoms with Crippen LogP contribution in [0.1, 0.15) is 55.5 Å². The van der Waals surface area contributed by atoms with Gasteiger partial charge in [-0.15, -0.1) is 0 Å². The third kappa shape index (κ3) is 7.19. The number of anilines is 1. The summed E-state index contributed by atoms with van der Waals surface area (Å²) in [6.07, 6.45) is -0.0661. The molecule has 6 rings (SSSR count). The van der Waals surface area contributed by atoms with Gasteiger partial charge in [0.2, 0.25) is 11.8 Å². The zero-order chi connectivity index (χ0) is 35.7. The van der Waals surface area contributed by atoms with Gasteiger partial charge in [0.05, 0.1) is 35.0 Å². The summed E-state index contributed by atoms with van der Waals surface area (Å²) in [5.41, 5.74) is 3.30. The molecule has 2 aromatic carbocycles. The van der Waals surface area contributed by atoms with Gasteiger partial charge in [-0.05, 0) is 66.3 Å². The summed E-state index contributed by atoms with van der Waals surface area (Å²) in [6, 6.07) is 11.0. The molecule has 266 valence electrons. The molecule has 2 bridgehead atoms. The molecule has 0 radical (unpaired) electrons. The van der Waals surface area contributed by atoms with Crippen molar-refractivity contribution in [3.05, 3.63) is 88.2 Å². The van der Waals surface area contributed by atoms with Crippen LogP contribution >= 0.6 is 11.6 Å². The number of nitrogens with zero attached hydrogens (tertiary/aromatic N) is 2. The molecule has 1 saturated heterocycles. The van der Waals surface area contributed by atoms with Crippen LogP contribution in [0.5, 0.6) is 0 Å². The Morgan fingerprint density at radius 1 is 1.08 bits per heavy atom. The van der Waals surface area contributed by atoms with E-state index in [2.05, 4.69) is 10.3 Å². The van der Waals surface area contributed by atoms with Crippen molar-refractivity contribution in [2.75, 3.05) is 25.6 Å². The number of carbonyl (C=O) groups excluding carboxylic acids is 2. The molecular weight excluding hydrogens is 672 g/mol. The van der Waals surface area contributed by atoms with E-state index in [1.54, 1.807) is 11.1 Å². The maximum Gasteiger partial charge on any atom is 0.247 e. The number of amides is 2. The number of benzene rings is 2. The molecule has 10 nitrogen and oxygen atoms in total. The topological polar surface area (TPSA) is 141 Å². The molecule has 50 heavy (non-hydrogen) atoms. The summed E-state index contributed by atoms with van der Waals surface area (Å²) in [6.45, 7) is 1.59. The molecule has 1 aromatic heterocycles. The van der Waals surface area contributed by atoms with E-state index in [4.69, 9.17) is 21.1 Å². The first-order valence-corrected chi connectivity index (χ1v) is 17.1. The molecule has 0 saturated carbocycles. The molecule has 0 aliphatic carbocycles. The van der Waals surface area contributed by atoms with Crippen LogP contribution < -0.4 is 5.32 Å². The van der Waals surface area contributed by atoms with Crippen LogP contribution in [0, 0.1) is 17.6 Å². The molecular formula is C37H40ClF2N3O7. The van der Waals surface area contributed by atoms with Crippen LogP contribution in [-0.4, -0.2) is 87.8 Å². The fourth-order valence-electron chi connectivity index (χ4n) is 7.16. The molecule has 7 atom stereocenters. The Kier molecular flexibility index (Phi) is 11.0. The number of aliphatic hydroxyl groups excluding tert-OH is 3. The number of halogens is 3. The molecule has 0 spiro atoms. The lowest BCUT2D eigenvalue weighted by Crippen LogP contribution is -2.59. The molecule has 3 aliphatic heterocycles. The molecule has 13 heteroatoms. The molecule has 4 N–H and O–H groups in total. The summed E-state index contributed by atoms with van der Waals surface area (Å²) in [5.74, 6) is -2.64. The second-order valence-electron chi connectivity index (χ2n) is 13.1. The number of rotatable bonds is 6. The highest BCUT2D eigenvalue weighted by atomic mass is 35.5. The van der Waals surface area contributed by atoms with E-state index < -0.39 is 60.7 Å². The Labute approximate surface area is 293 Å². The van der Waals surface area contributed by atoms with Crippen molar-refractivity contribution in [1.82, 2.24) is 9.88 Å². The van der Waals surface area contributed by atoms with Crippen LogP contribution in [-0.2, 0) is 25.5 Å². The molecule has 3 aromatic rings. The second-order valence-corrected chi connectivity index (χ2v) is 13.5. The van der Waals surface area contributed by atoms with Crippen LogP contribution in [0.25, 0.3) is 16.7 Å². The van der Waals surface area contributed by atoms with E-state index >= 15 is 0 Å². The summed E-state index contributed by atoms with van der Waals surface area (Å²) in [5, 5.41) is 33.9. The number of aromatic nitrogens is 1. The van der Waals surface area contributed by atoms with Gasteiger partial charge in [-0.2, -0.15) is 0 Å². The lowest BCUT2D eigenvalue weighted by molar-refractivity contribution is -0.235. The number of pyridine rings is 1. The number of hydrogen-bond donors (Lipinski definition) is 4. The first-order valence-electron chi connectivity index (χ1n) is 16.7. The summed E-state index contributed by atoms with van der Waals surface area (Å²) >= 11 is 5.92. The minimum absolute atomic E-state index is 0.182. The minimum Gasteiger partial charge on any atom is -0.394 e. The zero-order valence-electron chi connectivity index (χ0n) is 27.7. The van der Waals surface area contributed by atoms with E-state index in [-0.39, 0.29) is 47.4 Å². The van der Waals surface area contributed by atoms with Crippen LogP contribution in [0.3, 0.4) is 0 Å². The summed E-state index contributed by atoms with van der Waals surface area (Å²) < 4.78 is 40.7. The van der Waals surface area contributed by atoms with Crippen molar-refractivity contribution in [3.8, 4) is 11.1 Å². The third-order valence-corrected chi connectivity index (χ3v) is 10.2. The Hall–Kier alpha value is -3.78. The third-order valence-electron chi connectivity index (χ3n) is 9.96. The highest BCUT2D eigenvalue weighted by Gasteiger charge is 2.44. The largest absolute Gasteiger partial charge is 0.394 e. The van der Waals surface area contributed by atoms with E-state index in [1.807, 2.05) is 37.3 Å². The monoisotopic (exact) mass is 711 g/mol. The number of methoxy groups -OCH3 is 1. The van der Waals surface area contributed by atoms with E-state index in [0.717, 1.165) is 23.3 Å². The molecule has 2 amide bonds. The van der Waals surface area contributed by atoms with Crippen molar-refractivity contribution >= 4 is 34.7 Å². The van der Waals surface area contributed by atoms with Gasteiger partial charge in [0.25, 0.3) is 0 Å². The van der Waals surface area contributed by atoms with Crippen molar-refractivity contribution in [2.24, 2.45) is 5.92 Å². The normalized spacial score (nSPS) is 27.5. The predicted octanol–water partition coefficient (Wildman–Crippen LogP) is 4.83. The van der Waals surface area contributed by atoms with Crippen molar-refractivity contribution in [3.63, 3.8) is 0 Å².